The van der Waals surface area contributed by atoms with Gasteiger partial charge in [-0.1, -0.05) is 36.3 Å². The maximum atomic E-state index is 10.3. The average Bonchev–Trinajstić information content (AvgIpc) is 3.00. The first-order valence-corrected chi connectivity index (χ1v) is 9.92. The van der Waals surface area contributed by atoms with Crippen molar-refractivity contribution >= 4 is 38.3 Å². The molecule has 1 aliphatic rings. The van der Waals surface area contributed by atoms with Crippen LogP contribution in [0, 0.1) is 5.92 Å². The fraction of sp³-hybridized carbons (Fsp3) is 0.368. The van der Waals surface area contributed by atoms with Gasteiger partial charge in [-0.05, 0) is 37.0 Å². The van der Waals surface area contributed by atoms with E-state index >= 15 is 0 Å². The normalized spacial score (nSPS) is 23.1. The summed E-state index contributed by atoms with van der Waals surface area (Å²) in [4.78, 5) is 8.60. The molecule has 3 atom stereocenters. The highest BCUT2D eigenvalue weighted by Gasteiger charge is 2.29. The fourth-order valence-corrected chi connectivity index (χ4v) is 4.49. The molecule has 136 valence electrons. The Bertz CT molecular complexity index is 907. The molecule has 0 spiro atoms. The van der Waals surface area contributed by atoms with Crippen LogP contribution in [0.2, 0.25) is 5.15 Å². The molecule has 5 nitrogen and oxygen atoms in total. The minimum Gasteiger partial charge on any atom is -0.457 e. The van der Waals surface area contributed by atoms with Gasteiger partial charge in [0.25, 0.3) is 0 Å². The summed E-state index contributed by atoms with van der Waals surface area (Å²) < 4.78 is 6.89. The number of anilines is 1. The second kappa shape index (κ2) is 7.39. The summed E-state index contributed by atoms with van der Waals surface area (Å²) >= 11 is 7.47. The average molecular weight is 390 g/mol. The molecule has 7 heteroatoms. The maximum Gasteiger partial charge on any atom is 0.184 e. The number of fused-ring (bicyclic) bond motifs is 1. The van der Waals surface area contributed by atoms with E-state index in [0.717, 1.165) is 40.4 Å². The summed E-state index contributed by atoms with van der Waals surface area (Å²) in [6.07, 6.45) is 4.36. The summed E-state index contributed by atoms with van der Waals surface area (Å²) in [6.45, 7) is 2.18. The van der Waals surface area contributed by atoms with Crippen molar-refractivity contribution in [3.8, 4) is 11.5 Å². The van der Waals surface area contributed by atoms with Crippen LogP contribution in [0.3, 0.4) is 0 Å². The number of aliphatic hydroxyl groups is 1. The van der Waals surface area contributed by atoms with Crippen molar-refractivity contribution < 1.29 is 9.84 Å². The zero-order chi connectivity index (χ0) is 18.1. The van der Waals surface area contributed by atoms with Crippen molar-refractivity contribution in [2.24, 2.45) is 5.92 Å². The van der Waals surface area contributed by atoms with E-state index in [0.29, 0.717) is 16.8 Å². The molecule has 0 unspecified atom stereocenters. The number of halogens is 1. The third kappa shape index (κ3) is 3.77. The molecule has 0 saturated heterocycles. The Morgan fingerprint density at radius 2 is 2.08 bits per heavy atom. The molecule has 0 bridgehead atoms. The van der Waals surface area contributed by atoms with E-state index in [4.69, 9.17) is 16.3 Å². The van der Waals surface area contributed by atoms with Crippen LogP contribution in [0.1, 0.15) is 26.2 Å². The number of thiazole rings is 1. The summed E-state index contributed by atoms with van der Waals surface area (Å²) in [5.74, 6) is 1.80. The number of benzene rings is 1. The lowest BCUT2D eigenvalue weighted by Gasteiger charge is -2.33. The van der Waals surface area contributed by atoms with Crippen LogP contribution in [-0.4, -0.2) is 27.2 Å². The zero-order valence-corrected chi connectivity index (χ0v) is 15.9. The Morgan fingerprint density at radius 3 is 2.88 bits per heavy atom. The number of aromatic nitrogens is 2. The Hall–Kier alpha value is -1.89. The van der Waals surface area contributed by atoms with Gasteiger partial charge in [0.05, 0.1) is 22.4 Å². The van der Waals surface area contributed by atoms with E-state index in [1.165, 1.54) is 0 Å². The Labute approximate surface area is 161 Å². The van der Waals surface area contributed by atoms with Crippen LogP contribution in [0.15, 0.2) is 36.5 Å². The highest BCUT2D eigenvalue weighted by molar-refractivity contribution is 7.22. The topological polar surface area (TPSA) is 67.3 Å². The third-order valence-electron chi connectivity index (χ3n) is 4.77. The number of aliphatic hydroxyl groups excluding tert-OH is 1. The molecule has 1 aromatic carbocycles. The minimum atomic E-state index is -0.318. The molecule has 2 aromatic heterocycles. The highest BCUT2D eigenvalue weighted by Crippen LogP contribution is 2.34. The number of ether oxygens (including phenoxy) is 1. The number of pyridine rings is 1. The number of nitrogens with one attached hydrogen (secondary N) is 1. The zero-order valence-electron chi connectivity index (χ0n) is 14.4. The van der Waals surface area contributed by atoms with Crippen LogP contribution in [0.25, 0.3) is 10.2 Å². The van der Waals surface area contributed by atoms with E-state index < -0.39 is 0 Å². The minimum absolute atomic E-state index is 0.0546. The molecule has 0 amide bonds. The SMILES string of the molecule is C[C@H]1CCC[C@@H](O)[C@@H]1Nc1nc2ccc(Oc3ccnc(Cl)c3)cc2s1. The third-order valence-corrected chi connectivity index (χ3v) is 5.93. The van der Waals surface area contributed by atoms with E-state index in [9.17, 15) is 5.11 Å². The van der Waals surface area contributed by atoms with Crippen molar-refractivity contribution in [3.05, 3.63) is 41.7 Å². The van der Waals surface area contributed by atoms with Crippen LogP contribution >= 0.6 is 22.9 Å². The molecule has 1 saturated carbocycles. The second-order valence-corrected chi connectivity index (χ2v) is 8.13. The number of rotatable bonds is 4. The Morgan fingerprint density at radius 1 is 1.23 bits per heavy atom. The van der Waals surface area contributed by atoms with E-state index in [2.05, 4.69) is 22.2 Å². The van der Waals surface area contributed by atoms with Crippen LogP contribution in [-0.2, 0) is 0 Å². The first kappa shape index (κ1) is 17.5. The Balaban J connectivity index is 1.54. The predicted octanol–water partition coefficient (Wildman–Crippen LogP) is 5.10. The van der Waals surface area contributed by atoms with E-state index in [1.54, 1.807) is 29.7 Å². The van der Waals surface area contributed by atoms with Crippen molar-refractivity contribution in [3.63, 3.8) is 0 Å². The van der Waals surface area contributed by atoms with Gasteiger partial charge in [-0.3, -0.25) is 0 Å². The van der Waals surface area contributed by atoms with Crippen molar-refractivity contribution in [1.29, 1.82) is 0 Å². The largest absolute Gasteiger partial charge is 0.457 e. The number of hydrogen-bond donors (Lipinski definition) is 2. The molecule has 0 radical (unpaired) electrons. The maximum absolute atomic E-state index is 10.3. The number of nitrogens with zero attached hydrogens (tertiary/aromatic N) is 2. The van der Waals surface area contributed by atoms with E-state index in [1.807, 2.05) is 18.2 Å². The van der Waals surface area contributed by atoms with Crippen LogP contribution in [0.5, 0.6) is 11.5 Å². The molecule has 2 N–H and O–H groups in total. The second-order valence-electron chi connectivity index (χ2n) is 6.71. The molecule has 1 fully saturated rings. The molecule has 2 heterocycles. The lowest BCUT2D eigenvalue weighted by atomic mass is 9.84. The molecule has 3 aromatic rings. The van der Waals surface area contributed by atoms with Gasteiger partial charge in [0, 0.05) is 18.3 Å². The van der Waals surface area contributed by atoms with Crippen LogP contribution < -0.4 is 10.1 Å². The van der Waals surface area contributed by atoms with Gasteiger partial charge in [-0.2, -0.15) is 0 Å². The van der Waals surface area contributed by atoms with Crippen molar-refractivity contribution in [2.75, 3.05) is 5.32 Å². The summed E-state index contributed by atoms with van der Waals surface area (Å²) in [5, 5.41) is 15.0. The van der Waals surface area contributed by atoms with Crippen LogP contribution in [0.4, 0.5) is 5.13 Å². The van der Waals surface area contributed by atoms with Gasteiger partial charge in [0.2, 0.25) is 0 Å². The molecular weight excluding hydrogens is 370 g/mol. The highest BCUT2D eigenvalue weighted by atomic mass is 35.5. The molecule has 26 heavy (non-hydrogen) atoms. The quantitative estimate of drug-likeness (QED) is 0.607. The molecule has 0 aliphatic heterocycles. The first-order valence-electron chi connectivity index (χ1n) is 8.73. The molecule has 1 aliphatic carbocycles. The summed E-state index contributed by atoms with van der Waals surface area (Å²) in [6, 6.07) is 9.29. The van der Waals surface area contributed by atoms with Gasteiger partial charge < -0.3 is 15.2 Å². The first-order chi connectivity index (χ1) is 12.6. The van der Waals surface area contributed by atoms with Crippen molar-refractivity contribution in [2.45, 2.75) is 38.3 Å². The molecule has 4 rings (SSSR count). The smallest absolute Gasteiger partial charge is 0.184 e. The lowest BCUT2D eigenvalue weighted by molar-refractivity contribution is 0.0906. The van der Waals surface area contributed by atoms with Gasteiger partial charge in [0.1, 0.15) is 16.7 Å². The van der Waals surface area contributed by atoms with Gasteiger partial charge in [0.15, 0.2) is 5.13 Å². The van der Waals surface area contributed by atoms with Gasteiger partial charge >= 0.3 is 0 Å². The molecular formula is C19H20ClN3O2S. The van der Waals surface area contributed by atoms with Crippen molar-refractivity contribution in [1.82, 2.24) is 9.97 Å². The number of hydrogen-bond acceptors (Lipinski definition) is 6. The van der Waals surface area contributed by atoms with Gasteiger partial charge in [-0.15, -0.1) is 0 Å². The standard InChI is InChI=1S/C19H20ClN3O2S/c1-11-3-2-4-15(24)18(11)23-19-22-14-6-5-12(9-16(14)26-19)25-13-7-8-21-17(20)10-13/h5-11,15,18,24H,2-4H2,1H3,(H,22,23)/t11-,15+,18+/m0/s1. The lowest BCUT2D eigenvalue weighted by Crippen LogP contribution is -2.42. The fourth-order valence-electron chi connectivity index (χ4n) is 3.38. The monoisotopic (exact) mass is 389 g/mol. The predicted molar refractivity (Wildman–Crippen MR) is 105 cm³/mol. The Kier molecular flexibility index (Phi) is 4.98. The summed E-state index contributed by atoms with van der Waals surface area (Å²) in [5.41, 5.74) is 0.913. The van der Waals surface area contributed by atoms with E-state index in [-0.39, 0.29) is 12.1 Å². The summed E-state index contributed by atoms with van der Waals surface area (Å²) in [7, 11) is 0. The van der Waals surface area contributed by atoms with Gasteiger partial charge in [-0.25, -0.2) is 9.97 Å².